The van der Waals surface area contributed by atoms with Crippen molar-refractivity contribution in [1.82, 2.24) is 4.90 Å². The Morgan fingerprint density at radius 3 is 3.27 bits per heavy atom. The highest BCUT2D eigenvalue weighted by molar-refractivity contribution is 5.98. The first-order valence-corrected chi connectivity index (χ1v) is 3.15. The molecule has 0 fully saturated rings. The Kier molecular flexibility index (Phi) is 1.21. The summed E-state index contributed by atoms with van der Waals surface area (Å²) in [5.74, 6) is 0.621. The lowest BCUT2D eigenvalue weighted by Gasteiger charge is -2.23. The lowest BCUT2D eigenvalue weighted by molar-refractivity contribution is 0.275. The predicted molar refractivity (Wildman–Crippen MR) is 41.8 cm³/mol. The number of aliphatic hydroxyl groups excluding tert-OH is 1. The summed E-state index contributed by atoms with van der Waals surface area (Å²) in [6, 6.07) is 0. The van der Waals surface area contributed by atoms with Gasteiger partial charge in [-0.3, -0.25) is 9.89 Å². The van der Waals surface area contributed by atoms with Crippen molar-refractivity contribution >= 4 is 18.5 Å². The average molecular weight is 150 g/mol. The SMILES string of the molecule is OC1=CC=NC2=NC=NCN12. The van der Waals surface area contributed by atoms with Gasteiger partial charge in [0.15, 0.2) is 5.88 Å². The monoisotopic (exact) mass is 150 g/mol. The van der Waals surface area contributed by atoms with Crippen LogP contribution >= 0.6 is 0 Å². The van der Waals surface area contributed by atoms with Gasteiger partial charge < -0.3 is 5.11 Å². The number of fused-ring (bicyclic) bond motifs is 1. The second-order valence-corrected chi connectivity index (χ2v) is 2.10. The molecule has 2 aliphatic heterocycles. The molecule has 0 spiro atoms. The fourth-order valence-electron chi connectivity index (χ4n) is 0.882. The van der Waals surface area contributed by atoms with E-state index in [1.165, 1.54) is 23.5 Å². The van der Waals surface area contributed by atoms with Crippen LogP contribution in [-0.2, 0) is 0 Å². The lowest BCUT2D eigenvalue weighted by atomic mass is 10.5. The van der Waals surface area contributed by atoms with Gasteiger partial charge in [0.25, 0.3) is 0 Å². The van der Waals surface area contributed by atoms with Crippen molar-refractivity contribution in [3.8, 4) is 0 Å². The number of allylic oxidation sites excluding steroid dienone is 1. The van der Waals surface area contributed by atoms with Gasteiger partial charge >= 0.3 is 0 Å². The van der Waals surface area contributed by atoms with E-state index in [0.29, 0.717) is 12.6 Å². The summed E-state index contributed by atoms with van der Waals surface area (Å²) in [7, 11) is 0. The zero-order valence-corrected chi connectivity index (χ0v) is 5.68. The summed E-state index contributed by atoms with van der Waals surface area (Å²) in [5, 5.41) is 9.25. The molecule has 2 rings (SSSR count). The molecule has 11 heavy (non-hydrogen) atoms. The maximum atomic E-state index is 9.25. The number of nitrogens with zero attached hydrogens (tertiary/aromatic N) is 4. The van der Waals surface area contributed by atoms with Gasteiger partial charge in [-0.05, 0) is 0 Å². The van der Waals surface area contributed by atoms with E-state index in [-0.39, 0.29) is 5.88 Å². The van der Waals surface area contributed by atoms with Crippen LogP contribution in [0.2, 0.25) is 0 Å². The Hall–Kier alpha value is -1.65. The van der Waals surface area contributed by atoms with E-state index in [2.05, 4.69) is 15.0 Å². The van der Waals surface area contributed by atoms with Crippen molar-refractivity contribution < 1.29 is 5.11 Å². The fourth-order valence-corrected chi connectivity index (χ4v) is 0.882. The number of aliphatic imine (C=N–C) groups is 3. The van der Waals surface area contributed by atoms with Gasteiger partial charge in [-0.25, -0.2) is 9.98 Å². The molecule has 0 unspecified atom stereocenters. The number of aliphatic hydroxyl groups is 1. The van der Waals surface area contributed by atoms with Crippen molar-refractivity contribution in [2.24, 2.45) is 15.0 Å². The number of rotatable bonds is 0. The van der Waals surface area contributed by atoms with Crippen molar-refractivity contribution in [3.63, 3.8) is 0 Å². The van der Waals surface area contributed by atoms with E-state index in [1.54, 1.807) is 0 Å². The van der Waals surface area contributed by atoms with Crippen LogP contribution in [0, 0.1) is 0 Å². The predicted octanol–water partition coefficient (Wildman–Crippen LogP) is 0.128. The third-order valence-electron chi connectivity index (χ3n) is 1.41. The second kappa shape index (κ2) is 2.19. The van der Waals surface area contributed by atoms with E-state index in [1.807, 2.05) is 0 Å². The minimum absolute atomic E-state index is 0.135. The highest BCUT2D eigenvalue weighted by atomic mass is 16.3. The lowest BCUT2D eigenvalue weighted by Crippen LogP contribution is -2.33. The molecule has 5 nitrogen and oxygen atoms in total. The summed E-state index contributed by atoms with van der Waals surface area (Å²) in [4.78, 5) is 13.1. The van der Waals surface area contributed by atoms with Gasteiger partial charge in [-0.1, -0.05) is 0 Å². The molecule has 56 valence electrons. The Labute approximate surface area is 63.1 Å². The van der Waals surface area contributed by atoms with Crippen molar-refractivity contribution in [2.75, 3.05) is 6.67 Å². The summed E-state index contributed by atoms with van der Waals surface area (Å²) in [5.41, 5.74) is 0. The van der Waals surface area contributed by atoms with Crippen LogP contribution in [0.5, 0.6) is 0 Å². The molecule has 0 aliphatic carbocycles. The Balaban J connectivity index is 2.37. The van der Waals surface area contributed by atoms with Crippen LogP contribution in [0.25, 0.3) is 0 Å². The van der Waals surface area contributed by atoms with E-state index < -0.39 is 0 Å². The largest absolute Gasteiger partial charge is 0.494 e. The Morgan fingerprint density at radius 1 is 1.55 bits per heavy atom. The van der Waals surface area contributed by atoms with Crippen LogP contribution < -0.4 is 0 Å². The van der Waals surface area contributed by atoms with Crippen LogP contribution in [-0.4, -0.2) is 35.2 Å². The van der Waals surface area contributed by atoms with E-state index >= 15 is 0 Å². The van der Waals surface area contributed by atoms with Gasteiger partial charge in [0.2, 0.25) is 5.96 Å². The minimum atomic E-state index is 0.135. The fraction of sp³-hybridized carbons (Fsp3) is 0.167. The topological polar surface area (TPSA) is 60.6 Å². The van der Waals surface area contributed by atoms with Gasteiger partial charge in [-0.15, -0.1) is 0 Å². The molecular weight excluding hydrogens is 144 g/mol. The molecule has 0 saturated heterocycles. The maximum Gasteiger partial charge on any atom is 0.235 e. The van der Waals surface area contributed by atoms with E-state index in [4.69, 9.17) is 0 Å². The van der Waals surface area contributed by atoms with Crippen LogP contribution in [0.1, 0.15) is 0 Å². The third-order valence-corrected chi connectivity index (χ3v) is 1.41. The molecule has 2 heterocycles. The molecule has 0 aromatic heterocycles. The van der Waals surface area contributed by atoms with E-state index in [0.717, 1.165) is 0 Å². The molecule has 0 aromatic carbocycles. The maximum absolute atomic E-state index is 9.25. The molecule has 5 heteroatoms. The first-order valence-electron chi connectivity index (χ1n) is 3.15. The zero-order valence-electron chi connectivity index (χ0n) is 5.68. The van der Waals surface area contributed by atoms with Crippen molar-refractivity contribution in [2.45, 2.75) is 0 Å². The highest BCUT2D eigenvalue weighted by Crippen LogP contribution is 2.08. The molecule has 0 radical (unpaired) electrons. The number of hydrogen-bond acceptors (Lipinski definition) is 5. The molecular formula is C6H6N4O. The minimum Gasteiger partial charge on any atom is -0.494 e. The third kappa shape index (κ3) is 0.899. The highest BCUT2D eigenvalue weighted by Gasteiger charge is 2.17. The summed E-state index contributed by atoms with van der Waals surface area (Å²) >= 11 is 0. The molecule has 2 aliphatic rings. The standard InChI is InChI=1S/C6H6N4O/c11-5-1-2-8-6-9-3-7-4-10(5)6/h1-3,11H,4H2. The quantitative estimate of drug-likeness (QED) is 0.533. The van der Waals surface area contributed by atoms with Crippen LogP contribution in [0.3, 0.4) is 0 Å². The Morgan fingerprint density at radius 2 is 2.45 bits per heavy atom. The average Bonchev–Trinajstić information content (AvgIpc) is 2.06. The van der Waals surface area contributed by atoms with Crippen molar-refractivity contribution in [1.29, 1.82) is 0 Å². The summed E-state index contributed by atoms with van der Waals surface area (Å²) in [6.07, 6.45) is 4.44. The first kappa shape index (κ1) is 6.09. The Bertz CT molecular complexity index is 289. The number of guanidine groups is 1. The van der Waals surface area contributed by atoms with Gasteiger partial charge in [0.1, 0.15) is 13.0 Å². The van der Waals surface area contributed by atoms with Crippen LogP contribution in [0.4, 0.5) is 0 Å². The second-order valence-electron chi connectivity index (χ2n) is 2.10. The smallest absolute Gasteiger partial charge is 0.235 e. The normalized spacial score (nSPS) is 20.9. The summed E-state index contributed by atoms with van der Waals surface area (Å²) < 4.78 is 0. The molecule has 0 atom stereocenters. The first-order chi connectivity index (χ1) is 5.38. The van der Waals surface area contributed by atoms with Crippen molar-refractivity contribution in [3.05, 3.63) is 12.0 Å². The summed E-state index contributed by atoms with van der Waals surface area (Å²) in [6.45, 7) is 0.387. The van der Waals surface area contributed by atoms with Gasteiger partial charge in [0.05, 0.1) is 0 Å². The van der Waals surface area contributed by atoms with Gasteiger partial charge in [-0.2, -0.15) is 0 Å². The van der Waals surface area contributed by atoms with Crippen LogP contribution in [0.15, 0.2) is 26.9 Å². The molecule has 0 saturated carbocycles. The number of hydrogen-bond donors (Lipinski definition) is 1. The van der Waals surface area contributed by atoms with E-state index in [9.17, 15) is 5.11 Å². The van der Waals surface area contributed by atoms with Gasteiger partial charge in [0, 0.05) is 12.3 Å². The zero-order chi connectivity index (χ0) is 7.68. The molecule has 0 aromatic rings. The molecule has 0 amide bonds. The molecule has 0 bridgehead atoms. The molecule has 1 N–H and O–H groups in total.